The van der Waals surface area contributed by atoms with Crippen LogP contribution in [-0.4, -0.2) is 12.2 Å². The topological polar surface area (TPSA) is 81.8 Å². The van der Waals surface area contributed by atoms with Crippen LogP contribution in [-0.2, 0) is 9.59 Å². The van der Waals surface area contributed by atoms with Crippen LogP contribution in [0.15, 0.2) is 0 Å². The van der Waals surface area contributed by atoms with E-state index < -0.39 is 0 Å². The van der Waals surface area contributed by atoms with Gasteiger partial charge in [0, 0.05) is 0 Å². The van der Waals surface area contributed by atoms with Crippen molar-refractivity contribution >= 4 is 12.2 Å². The SMILES string of the molecule is CCCCCC1CCCCC1.N=C=O.N=C=O. The molecule has 0 saturated heterocycles. The minimum Gasteiger partial charge on any atom is -0.222 e. The molecule has 1 saturated carbocycles. The average molecular weight is 240 g/mol. The van der Waals surface area contributed by atoms with E-state index in [1.54, 1.807) is 0 Å². The molecular weight excluding hydrogens is 216 g/mol. The number of nitrogens with one attached hydrogen (secondary N) is 2. The largest absolute Gasteiger partial charge is 0.231 e. The molecular formula is C13H24N2O2. The molecule has 0 atom stereocenters. The first-order chi connectivity index (χ1) is 8.26. The molecule has 0 aromatic heterocycles. The molecule has 0 heterocycles. The molecule has 0 aromatic carbocycles. The predicted molar refractivity (Wildman–Crippen MR) is 67.5 cm³/mol. The molecule has 0 spiro atoms. The van der Waals surface area contributed by atoms with E-state index in [0.29, 0.717) is 0 Å². The summed E-state index contributed by atoms with van der Waals surface area (Å²) >= 11 is 0. The van der Waals surface area contributed by atoms with Gasteiger partial charge in [-0.25, -0.2) is 20.4 Å². The summed E-state index contributed by atoms with van der Waals surface area (Å²) in [5, 5.41) is 10.8. The molecule has 0 radical (unpaired) electrons. The van der Waals surface area contributed by atoms with Crippen LogP contribution >= 0.6 is 0 Å². The highest BCUT2D eigenvalue weighted by Gasteiger charge is 2.11. The fourth-order valence-electron chi connectivity index (χ4n) is 2.16. The molecule has 1 rings (SSSR count). The van der Waals surface area contributed by atoms with E-state index in [2.05, 4.69) is 6.92 Å². The van der Waals surface area contributed by atoms with E-state index in [9.17, 15) is 0 Å². The Morgan fingerprint density at radius 3 is 1.88 bits per heavy atom. The second-order valence-corrected chi connectivity index (χ2v) is 4.20. The van der Waals surface area contributed by atoms with Crippen molar-refractivity contribution in [2.45, 2.75) is 64.7 Å². The van der Waals surface area contributed by atoms with Gasteiger partial charge in [0.1, 0.15) is 0 Å². The van der Waals surface area contributed by atoms with Crippen LogP contribution in [0.2, 0.25) is 0 Å². The lowest BCUT2D eigenvalue weighted by atomic mass is 9.86. The van der Waals surface area contributed by atoms with Gasteiger partial charge in [0.25, 0.3) is 0 Å². The lowest BCUT2D eigenvalue weighted by Crippen LogP contribution is -2.05. The second-order valence-electron chi connectivity index (χ2n) is 4.20. The van der Waals surface area contributed by atoms with Crippen molar-refractivity contribution in [1.29, 1.82) is 10.8 Å². The van der Waals surface area contributed by atoms with Crippen molar-refractivity contribution in [3.8, 4) is 0 Å². The zero-order chi connectivity index (χ0) is 13.4. The summed E-state index contributed by atoms with van der Waals surface area (Å²) in [6.07, 6.45) is 14.9. The van der Waals surface area contributed by atoms with Crippen molar-refractivity contribution in [2.75, 3.05) is 0 Å². The summed E-state index contributed by atoms with van der Waals surface area (Å²) in [5.41, 5.74) is 0. The molecule has 0 unspecified atom stereocenters. The summed E-state index contributed by atoms with van der Waals surface area (Å²) in [7, 11) is 0. The van der Waals surface area contributed by atoms with Crippen molar-refractivity contribution in [2.24, 2.45) is 5.92 Å². The van der Waals surface area contributed by atoms with Crippen LogP contribution in [0.25, 0.3) is 0 Å². The molecule has 4 heteroatoms. The first kappa shape index (κ1) is 18.1. The van der Waals surface area contributed by atoms with Crippen molar-refractivity contribution < 1.29 is 9.59 Å². The van der Waals surface area contributed by atoms with Gasteiger partial charge in [-0.3, -0.25) is 0 Å². The molecule has 98 valence electrons. The van der Waals surface area contributed by atoms with E-state index in [-0.39, 0.29) is 0 Å². The van der Waals surface area contributed by atoms with E-state index in [1.165, 1.54) is 57.8 Å². The van der Waals surface area contributed by atoms with Gasteiger partial charge in [0.05, 0.1) is 0 Å². The van der Waals surface area contributed by atoms with E-state index >= 15 is 0 Å². The van der Waals surface area contributed by atoms with Crippen LogP contribution in [0.3, 0.4) is 0 Å². The third kappa shape index (κ3) is 17.4. The number of carbonyl (C=O) groups excluding carboxylic acids is 2. The molecule has 17 heavy (non-hydrogen) atoms. The van der Waals surface area contributed by atoms with Crippen molar-refractivity contribution in [3.63, 3.8) is 0 Å². The number of unbranched alkanes of at least 4 members (excludes halogenated alkanes) is 2. The molecule has 0 bridgehead atoms. The minimum absolute atomic E-state index is 0.750. The summed E-state index contributed by atoms with van der Waals surface area (Å²) in [6.45, 7) is 2.29. The lowest BCUT2D eigenvalue weighted by molar-refractivity contribution is 0.329. The maximum absolute atomic E-state index is 8.35. The quantitative estimate of drug-likeness (QED) is 0.443. The molecule has 1 aliphatic carbocycles. The number of hydrogen-bond acceptors (Lipinski definition) is 4. The van der Waals surface area contributed by atoms with Crippen molar-refractivity contribution in [1.82, 2.24) is 0 Å². The van der Waals surface area contributed by atoms with Gasteiger partial charge in [0.2, 0.25) is 12.2 Å². The Hall–Kier alpha value is -1.24. The Labute approximate surface area is 104 Å². The maximum Gasteiger partial charge on any atom is 0.231 e. The van der Waals surface area contributed by atoms with Gasteiger partial charge in [0.15, 0.2) is 0 Å². The Kier molecular flexibility index (Phi) is 18.3. The highest BCUT2D eigenvalue weighted by molar-refractivity contribution is 5.26. The third-order valence-corrected chi connectivity index (χ3v) is 2.94. The van der Waals surface area contributed by atoms with Gasteiger partial charge in [-0.1, -0.05) is 64.7 Å². The van der Waals surface area contributed by atoms with Gasteiger partial charge in [-0.15, -0.1) is 0 Å². The van der Waals surface area contributed by atoms with Crippen LogP contribution in [0.5, 0.6) is 0 Å². The zero-order valence-corrected chi connectivity index (χ0v) is 10.8. The first-order valence-electron chi connectivity index (χ1n) is 6.34. The van der Waals surface area contributed by atoms with E-state index in [4.69, 9.17) is 20.4 Å². The number of rotatable bonds is 4. The van der Waals surface area contributed by atoms with Crippen LogP contribution in [0, 0.1) is 16.7 Å². The summed E-state index contributed by atoms with van der Waals surface area (Å²) in [6, 6.07) is 0. The second kappa shape index (κ2) is 17.2. The Bertz CT molecular complexity index is 199. The zero-order valence-electron chi connectivity index (χ0n) is 10.8. The summed E-state index contributed by atoms with van der Waals surface area (Å²) in [4.78, 5) is 16.7. The third-order valence-electron chi connectivity index (χ3n) is 2.94. The number of hydrogen-bond donors (Lipinski definition) is 2. The number of isocyanates is 2. The van der Waals surface area contributed by atoms with Gasteiger partial charge in [-0.05, 0) is 5.92 Å². The Morgan fingerprint density at radius 2 is 1.47 bits per heavy atom. The highest BCUT2D eigenvalue weighted by Crippen LogP contribution is 2.27. The summed E-state index contributed by atoms with van der Waals surface area (Å²) in [5.74, 6) is 1.11. The monoisotopic (exact) mass is 240 g/mol. The fraction of sp³-hybridized carbons (Fsp3) is 0.846. The van der Waals surface area contributed by atoms with Crippen molar-refractivity contribution in [3.05, 3.63) is 0 Å². The smallest absolute Gasteiger partial charge is 0.222 e. The highest BCUT2D eigenvalue weighted by atomic mass is 16.1. The van der Waals surface area contributed by atoms with Gasteiger partial charge in [-0.2, -0.15) is 0 Å². The lowest BCUT2D eigenvalue weighted by Gasteiger charge is -2.20. The first-order valence-corrected chi connectivity index (χ1v) is 6.34. The Morgan fingerprint density at radius 1 is 1.00 bits per heavy atom. The van der Waals surface area contributed by atoms with Gasteiger partial charge >= 0.3 is 0 Å². The minimum atomic E-state index is 0.750. The molecule has 1 aliphatic rings. The van der Waals surface area contributed by atoms with E-state index in [1.807, 2.05) is 0 Å². The van der Waals surface area contributed by atoms with Crippen LogP contribution < -0.4 is 0 Å². The molecule has 4 nitrogen and oxygen atoms in total. The predicted octanol–water partition coefficient (Wildman–Crippen LogP) is 3.95. The molecule has 0 aliphatic heterocycles. The molecule has 0 amide bonds. The fourth-order valence-corrected chi connectivity index (χ4v) is 2.16. The van der Waals surface area contributed by atoms with E-state index in [0.717, 1.165) is 18.1 Å². The average Bonchev–Trinajstić information content (AvgIpc) is 2.33. The summed E-state index contributed by atoms with van der Waals surface area (Å²) < 4.78 is 0. The standard InChI is InChI=1S/C11H22.2CHNO/c1-2-3-5-8-11-9-6-4-7-10-11;2*2-1-3/h11H,2-10H2,1H3;2*2H. The van der Waals surface area contributed by atoms with Gasteiger partial charge < -0.3 is 0 Å². The van der Waals surface area contributed by atoms with Crippen LogP contribution in [0.4, 0.5) is 0 Å². The normalized spacial score (nSPS) is 14.2. The van der Waals surface area contributed by atoms with Crippen LogP contribution in [0.1, 0.15) is 64.7 Å². The maximum atomic E-state index is 8.35. The molecule has 0 aromatic rings. The Balaban J connectivity index is 0. The molecule has 1 fully saturated rings. The molecule has 2 N–H and O–H groups in total.